The fourth-order valence-electron chi connectivity index (χ4n) is 1.71. The van der Waals surface area contributed by atoms with E-state index >= 15 is 0 Å². The molecule has 0 aliphatic rings. The van der Waals surface area contributed by atoms with Crippen molar-refractivity contribution < 1.29 is 8.42 Å². The van der Waals surface area contributed by atoms with Crippen LogP contribution in [0.4, 0.5) is 5.69 Å². The van der Waals surface area contributed by atoms with Crippen LogP contribution >= 0.6 is 43.2 Å². The van der Waals surface area contributed by atoms with Crippen LogP contribution in [0, 0.1) is 0 Å². The van der Waals surface area contributed by atoms with Gasteiger partial charge in [-0.05, 0) is 44.0 Å². The molecule has 2 rings (SSSR count). The quantitative estimate of drug-likeness (QED) is 0.678. The summed E-state index contributed by atoms with van der Waals surface area (Å²) in [6.45, 7) is 2.20. The van der Waals surface area contributed by atoms with Gasteiger partial charge in [0.2, 0.25) is 10.0 Å². The van der Waals surface area contributed by atoms with Crippen molar-refractivity contribution in [3.05, 3.63) is 37.7 Å². The Balaban J connectivity index is 2.20. The minimum Gasteiger partial charge on any atom is -0.399 e. The molecule has 3 N–H and O–H groups in total. The summed E-state index contributed by atoms with van der Waals surface area (Å²) >= 11 is 7.98. The summed E-state index contributed by atoms with van der Waals surface area (Å²) in [6.07, 6.45) is 1.71. The van der Waals surface area contributed by atoms with E-state index in [0.717, 1.165) is 5.01 Å². The number of benzene rings is 1. The van der Waals surface area contributed by atoms with E-state index in [4.69, 9.17) is 5.73 Å². The van der Waals surface area contributed by atoms with Gasteiger partial charge in [0, 0.05) is 38.7 Å². The third-order valence-corrected chi connectivity index (χ3v) is 7.05. The number of anilines is 1. The molecule has 0 aliphatic carbocycles. The summed E-state index contributed by atoms with van der Waals surface area (Å²) in [5.41, 5.74) is 6.15. The Morgan fingerprint density at radius 3 is 2.52 bits per heavy atom. The zero-order valence-electron chi connectivity index (χ0n) is 11.0. The maximum Gasteiger partial charge on any atom is 0.242 e. The Bertz CT molecular complexity index is 710. The molecule has 114 valence electrons. The molecule has 0 fully saturated rings. The molecule has 0 amide bonds. The number of hydrogen-bond acceptors (Lipinski definition) is 5. The minimum atomic E-state index is -3.65. The number of rotatable bonds is 5. The van der Waals surface area contributed by atoms with Crippen LogP contribution in [0.2, 0.25) is 0 Å². The average Bonchev–Trinajstić information content (AvgIpc) is 2.88. The Labute approximate surface area is 144 Å². The van der Waals surface area contributed by atoms with E-state index in [9.17, 15) is 8.42 Å². The monoisotopic (exact) mass is 453 g/mol. The number of nitrogens with two attached hydrogens (primary N) is 1. The Morgan fingerprint density at radius 2 is 2.00 bits per heavy atom. The fraction of sp³-hybridized carbons (Fsp3) is 0.250. The number of aromatic nitrogens is 1. The molecule has 2 aromatic rings. The summed E-state index contributed by atoms with van der Waals surface area (Å²) in [7, 11) is -3.65. The smallest absolute Gasteiger partial charge is 0.242 e. The van der Waals surface area contributed by atoms with Crippen LogP contribution in [0.25, 0.3) is 0 Å². The number of hydrogen-bond donors (Lipinski definition) is 2. The zero-order chi connectivity index (χ0) is 15.6. The van der Waals surface area contributed by atoms with Gasteiger partial charge in [-0.3, -0.25) is 0 Å². The molecule has 1 aromatic heterocycles. The summed E-state index contributed by atoms with van der Waals surface area (Å²) in [5, 5.41) is 2.76. The van der Waals surface area contributed by atoms with Crippen molar-refractivity contribution >= 4 is 58.9 Å². The molecule has 9 heteroatoms. The van der Waals surface area contributed by atoms with Crippen LogP contribution in [-0.4, -0.2) is 19.9 Å². The van der Waals surface area contributed by atoms with Crippen molar-refractivity contribution in [2.24, 2.45) is 0 Å². The van der Waals surface area contributed by atoms with E-state index in [-0.39, 0.29) is 17.4 Å². The van der Waals surface area contributed by atoms with Crippen LogP contribution in [0.5, 0.6) is 0 Å². The lowest BCUT2D eigenvalue weighted by molar-refractivity contribution is 0.573. The fourth-order valence-corrected chi connectivity index (χ4v) is 6.15. The molecule has 1 aromatic carbocycles. The molecule has 0 radical (unpaired) electrons. The zero-order valence-corrected chi connectivity index (χ0v) is 15.8. The SMILES string of the molecule is CC(CNS(=O)(=O)c1c(Br)cc(N)cc1Br)c1nccs1. The van der Waals surface area contributed by atoms with E-state index in [1.165, 1.54) is 11.3 Å². The van der Waals surface area contributed by atoms with Gasteiger partial charge in [0.15, 0.2) is 0 Å². The second-order valence-corrected chi connectivity index (χ2v) is 8.78. The first-order chi connectivity index (χ1) is 9.81. The summed E-state index contributed by atoms with van der Waals surface area (Å²) in [6, 6.07) is 3.12. The molecule has 1 heterocycles. The highest BCUT2D eigenvalue weighted by atomic mass is 79.9. The normalized spacial score (nSPS) is 13.3. The lowest BCUT2D eigenvalue weighted by atomic mass is 10.2. The highest BCUT2D eigenvalue weighted by Gasteiger charge is 2.22. The number of nitrogens with zero attached hydrogens (tertiary/aromatic N) is 1. The molecular weight excluding hydrogens is 442 g/mol. The highest BCUT2D eigenvalue weighted by molar-refractivity contribution is 9.11. The third kappa shape index (κ3) is 4.04. The largest absolute Gasteiger partial charge is 0.399 e. The second kappa shape index (κ2) is 6.74. The number of thiazole rings is 1. The average molecular weight is 455 g/mol. The van der Waals surface area contributed by atoms with Gasteiger partial charge < -0.3 is 5.73 Å². The van der Waals surface area contributed by atoms with Gasteiger partial charge in [-0.25, -0.2) is 18.1 Å². The number of nitrogens with one attached hydrogen (secondary N) is 1. The third-order valence-electron chi connectivity index (χ3n) is 2.74. The van der Waals surface area contributed by atoms with Crippen molar-refractivity contribution in [2.75, 3.05) is 12.3 Å². The maximum absolute atomic E-state index is 12.4. The van der Waals surface area contributed by atoms with Gasteiger partial charge >= 0.3 is 0 Å². The lowest BCUT2D eigenvalue weighted by Gasteiger charge is -2.13. The first-order valence-corrected chi connectivity index (χ1v) is 9.89. The first-order valence-electron chi connectivity index (χ1n) is 5.95. The van der Waals surface area contributed by atoms with Gasteiger partial charge in [-0.2, -0.15) is 0 Å². The number of nitrogen functional groups attached to an aromatic ring is 1. The van der Waals surface area contributed by atoms with Crippen molar-refractivity contribution in [2.45, 2.75) is 17.7 Å². The number of sulfonamides is 1. The van der Waals surface area contributed by atoms with Gasteiger partial charge in [0.05, 0.1) is 5.01 Å². The molecule has 0 saturated carbocycles. The summed E-state index contributed by atoms with van der Waals surface area (Å²) < 4.78 is 28.3. The Morgan fingerprint density at radius 1 is 1.38 bits per heavy atom. The van der Waals surface area contributed by atoms with Gasteiger partial charge in [0.1, 0.15) is 4.90 Å². The van der Waals surface area contributed by atoms with Crippen LogP contribution in [-0.2, 0) is 10.0 Å². The molecule has 21 heavy (non-hydrogen) atoms. The molecule has 0 saturated heterocycles. The summed E-state index contributed by atoms with van der Waals surface area (Å²) in [4.78, 5) is 4.33. The molecule has 5 nitrogen and oxygen atoms in total. The Kier molecular flexibility index (Phi) is 5.42. The molecule has 1 atom stereocenters. The van der Waals surface area contributed by atoms with E-state index in [2.05, 4.69) is 41.6 Å². The van der Waals surface area contributed by atoms with Crippen LogP contribution in [0.15, 0.2) is 37.6 Å². The highest BCUT2D eigenvalue weighted by Crippen LogP contribution is 2.32. The number of halogens is 2. The van der Waals surface area contributed by atoms with Gasteiger partial charge in [0.25, 0.3) is 0 Å². The van der Waals surface area contributed by atoms with Crippen LogP contribution in [0.3, 0.4) is 0 Å². The second-order valence-electron chi connectivity index (χ2n) is 4.44. The summed E-state index contributed by atoms with van der Waals surface area (Å²) in [5.74, 6) is 0.00566. The minimum absolute atomic E-state index is 0.00566. The van der Waals surface area contributed by atoms with E-state index < -0.39 is 10.0 Å². The molecule has 0 bridgehead atoms. The molecular formula is C12H13Br2N3O2S2. The van der Waals surface area contributed by atoms with Gasteiger partial charge in [-0.15, -0.1) is 11.3 Å². The van der Waals surface area contributed by atoms with E-state index in [1.807, 2.05) is 12.3 Å². The van der Waals surface area contributed by atoms with Gasteiger partial charge in [-0.1, -0.05) is 6.92 Å². The van der Waals surface area contributed by atoms with Crippen molar-refractivity contribution in [1.29, 1.82) is 0 Å². The van der Waals surface area contributed by atoms with Crippen molar-refractivity contribution in [3.63, 3.8) is 0 Å². The van der Waals surface area contributed by atoms with Crippen molar-refractivity contribution in [3.8, 4) is 0 Å². The topological polar surface area (TPSA) is 85.1 Å². The Hall–Kier alpha value is -0.480. The molecule has 0 spiro atoms. The molecule has 1 unspecified atom stereocenters. The van der Waals surface area contributed by atoms with E-state index in [0.29, 0.717) is 14.6 Å². The van der Waals surface area contributed by atoms with E-state index in [1.54, 1.807) is 18.3 Å². The predicted octanol–water partition coefficient (Wildman–Crippen LogP) is 3.33. The first kappa shape index (κ1) is 16.9. The van der Waals surface area contributed by atoms with Crippen molar-refractivity contribution in [1.82, 2.24) is 9.71 Å². The standard InChI is InChI=1S/C12H13Br2N3O2S2/c1-7(12-16-2-3-20-12)6-17-21(18,19)11-9(13)4-8(15)5-10(11)14/h2-5,7,17H,6,15H2,1H3. The predicted molar refractivity (Wildman–Crippen MR) is 92.0 cm³/mol. The lowest BCUT2D eigenvalue weighted by Crippen LogP contribution is -2.28. The van der Waals surface area contributed by atoms with Crippen LogP contribution < -0.4 is 10.5 Å². The maximum atomic E-state index is 12.4. The van der Waals surface area contributed by atoms with Crippen LogP contribution in [0.1, 0.15) is 17.8 Å². The molecule has 0 aliphatic heterocycles.